The van der Waals surface area contributed by atoms with Crippen LogP contribution in [0.25, 0.3) is 0 Å². The molecule has 1 fully saturated rings. The number of halogens is 2. The van der Waals surface area contributed by atoms with E-state index in [1.165, 1.54) is 28.6 Å². The van der Waals surface area contributed by atoms with Crippen molar-refractivity contribution in [2.24, 2.45) is 5.92 Å². The van der Waals surface area contributed by atoms with Crippen molar-refractivity contribution in [3.05, 3.63) is 87.9 Å². The Morgan fingerprint density at radius 2 is 1.61 bits per heavy atom. The Labute approximate surface area is 233 Å². The lowest BCUT2D eigenvalue weighted by atomic mass is 9.99. The number of hydrogen-bond acceptors (Lipinski definition) is 5. The first-order valence-electron chi connectivity index (χ1n) is 11.9. The van der Waals surface area contributed by atoms with E-state index in [-0.39, 0.29) is 33.1 Å². The van der Waals surface area contributed by atoms with Gasteiger partial charge in [-0.3, -0.25) is 9.52 Å². The van der Waals surface area contributed by atoms with Gasteiger partial charge < -0.3 is 5.32 Å². The van der Waals surface area contributed by atoms with Gasteiger partial charge in [0, 0.05) is 40.1 Å². The van der Waals surface area contributed by atoms with Crippen molar-refractivity contribution in [3.63, 3.8) is 0 Å². The summed E-state index contributed by atoms with van der Waals surface area (Å²) in [5, 5.41) is 3.31. The van der Waals surface area contributed by atoms with E-state index in [1.54, 1.807) is 36.4 Å². The molecule has 1 aliphatic heterocycles. The zero-order valence-corrected chi connectivity index (χ0v) is 23.7. The van der Waals surface area contributed by atoms with Crippen LogP contribution >= 0.6 is 23.2 Å². The summed E-state index contributed by atoms with van der Waals surface area (Å²) in [4.78, 5) is 13.0. The SMILES string of the molecule is Cc1cccc(NS(=O)(=O)c2ccc(NC(=O)[C@H]3CCCN(S(=O)(=O)Cc4c(Cl)cccc4Cl)C3)cc2)c1. The molecule has 1 heterocycles. The molecule has 12 heteroatoms. The number of anilines is 2. The number of sulfonamides is 2. The second-order valence-corrected chi connectivity index (χ2v) is 13.6. The van der Waals surface area contributed by atoms with Gasteiger partial charge in [0.25, 0.3) is 10.0 Å². The standard InChI is InChI=1S/C26H27Cl2N3O5S2/c1-18-5-2-7-21(15-18)30-38(35,36)22-12-10-20(11-13-22)29-26(32)19-6-4-14-31(16-19)37(33,34)17-23-24(27)8-3-9-25(23)28/h2-3,5,7-13,15,19,30H,4,6,14,16-17H2,1H3,(H,29,32)/t19-/m0/s1. The lowest BCUT2D eigenvalue weighted by Crippen LogP contribution is -2.44. The summed E-state index contributed by atoms with van der Waals surface area (Å²) >= 11 is 12.3. The summed E-state index contributed by atoms with van der Waals surface area (Å²) in [7, 11) is -7.57. The van der Waals surface area contributed by atoms with Crippen LogP contribution < -0.4 is 10.0 Å². The topological polar surface area (TPSA) is 113 Å². The van der Waals surface area contributed by atoms with Gasteiger partial charge in [0.1, 0.15) is 0 Å². The lowest BCUT2D eigenvalue weighted by molar-refractivity contribution is -0.120. The molecule has 4 rings (SSSR count). The molecule has 38 heavy (non-hydrogen) atoms. The highest BCUT2D eigenvalue weighted by molar-refractivity contribution is 7.92. The van der Waals surface area contributed by atoms with Crippen molar-refractivity contribution < 1.29 is 21.6 Å². The molecule has 8 nitrogen and oxygen atoms in total. The molecule has 3 aromatic carbocycles. The van der Waals surface area contributed by atoms with Crippen molar-refractivity contribution in [2.75, 3.05) is 23.1 Å². The van der Waals surface area contributed by atoms with Crippen molar-refractivity contribution in [1.29, 1.82) is 0 Å². The summed E-state index contributed by atoms with van der Waals surface area (Å²) in [6.07, 6.45) is 1.05. The Bertz CT molecular complexity index is 1530. The van der Waals surface area contributed by atoms with Crippen LogP contribution in [0.4, 0.5) is 11.4 Å². The Morgan fingerprint density at radius 1 is 0.947 bits per heavy atom. The van der Waals surface area contributed by atoms with Gasteiger partial charge in [0.2, 0.25) is 15.9 Å². The maximum Gasteiger partial charge on any atom is 0.261 e. The molecule has 3 aromatic rings. The molecule has 1 saturated heterocycles. The van der Waals surface area contributed by atoms with Crippen LogP contribution in [0.3, 0.4) is 0 Å². The number of rotatable bonds is 8. The lowest BCUT2D eigenvalue weighted by Gasteiger charge is -2.31. The minimum absolute atomic E-state index is 0.0309. The predicted octanol–water partition coefficient (Wildman–Crippen LogP) is 5.28. The minimum atomic E-state index is -3.81. The second-order valence-electron chi connectivity index (χ2n) is 9.14. The number of amides is 1. The monoisotopic (exact) mass is 595 g/mol. The van der Waals surface area contributed by atoms with Crippen molar-refractivity contribution in [2.45, 2.75) is 30.4 Å². The van der Waals surface area contributed by atoms with E-state index < -0.39 is 26.0 Å². The average molecular weight is 597 g/mol. The second kappa shape index (κ2) is 11.6. The fourth-order valence-corrected chi connectivity index (χ4v) is 7.65. The summed E-state index contributed by atoms with van der Waals surface area (Å²) < 4.78 is 55.4. The van der Waals surface area contributed by atoms with Crippen LogP contribution in [-0.2, 0) is 30.6 Å². The first kappa shape index (κ1) is 28.4. The van der Waals surface area contributed by atoms with Crippen LogP contribution in [0.2, 0.25) is 10.0 Å². The van der Waals surface area contributed by atoms with E-state index in [0.717, 1.165) is 5.56 Å². The Kier molecular flexibility index (Phi) is 8.68. The molecule has 1 aliphatic rings. The van der Waals surface area contributed by atoms with Crippen molar-refractivity contribution in [1.82, 2.24) is 4.31 Å². The van der Waals surface area contributed by atoms with Crippen LogP contribution in [0.15, 0.2) is 71.6 Å². The molecule has 0 saturated carbocycles. The highest BCUT2D eigenvalue weighted by Gasteiger charge is 2.33. The zero-order chi connectivity index (χ0) is 27.5. The number of nitrogens with one attached hydrogen (secondary N) is 2. The number of carbonyl (C=O) groups is 1. The van der Waals surface area contributed by atoms with E-state index in [9.17, 15) is 21.6 Å². The third-order valence-corrected chi connectivity index (χ3v) is 10.1. The van der Waals surface area contributed by atoms with E-state index in [4.69, 9.17) is 23.2 Å². The zero-order valence-electron chi connectivity index (χ0n) is 20.5. The molecule has 0 aliphatic carbocycles. The highest BCUT2D eigenvalue weighted by atomic mass is 35.5. The number of hydrogen-bond donors (Lipinski definition) is 2. The minimum Gasteiger partial charge on any atom is -0.326 e. The van der Waals surface area contributed by atoms with Gasteiger partial charge in [-0.15, -0.1) is 0 Å². The summed E-state index contributed by atoms with van der Waals surface area (Å²) in [5.41, 5.74) is 2.11. The molecular formula is C26H27Cl2N3O5S2. The Hall–Kier alpha value is -2.63. The average Bonchev–Trinajstić information content (AvgIpc) is 2.86. The van der Waals surface area contributed by atoms with E-state index >= 15 is 0 Å². The summed E-state index contributed by atoms with van der Waals surface area (Å²) in [5.74, 6) is -1.26. The number of benzene rings is 3. The van der Waals surface area contributed by atoms with Crippen LogP contribution in [-0.4, -0.2) is 40.1 Å². The molecule has 0 radical (unpaired) electrons. The van der Waals surface area contributed by atoms with E-state index in [2.05, 4.69) is 10.0 Å². The fourth-order valence-electron chi connectivity index (χ4n) is 4.24. The molecule has 0 unspecified atom stereocenters. The van der Waals surface area contributed by atoms with E-state index in [1.807, 2.05) is 13.0 Å². The molecule has 1 amide bonds. The first-order chi connectivity index (χ1) is 17.9. The summed E-state index contributed by atoms with van der Waals surface area (Å²) in [6.45, 7) is 2.20. The largest absolute Gasteiger partial charge is 0.326 e. The Balaban J connectivity index is 1.40. The fraction of sp³-hybridized carbons (Fsp3) is 0.269. The van der Waals surface area contributed by atoms with Gasteiger partial charge in [-0.05, 0) is 73.9 Å². The van der Waals surface area contributed by atoms with Crippen molar-refractivity contribution in [3.8, 4) is 0 Å². The number of nitrogens with zero attached hydrogens (tertiary/aromatic N) is 1. The molecule has 1 atom stereocenters. The van der Waals surface area contributed by atoms with Crippen LogP contribution in [0, 0.1) is 12.8 Å². The van der Waals surface area contributed by atoms with E-state index in [0.29, 0.717) is 36.3 Å². The molecular weight excluding hydrogens is 569 g/mol. The number of piperidine rings is 1. The third-order valence-electron chi connectivity index (χ3n) is 6.24. The molecule has 0 aromatic heterocycles. The maximum absolute atomic E-state index is 13.1. The smallest absolute Gasteiger partial charge is 0.261 e. The van der Waals surface area contributed by atoms with Gasteiger partial charge in [-0.2, -0.15) is 0 Å². The molecule has 0 bridgehead atoms. The molecule has 202 valence electrons. The van der Waals surface area contributed by atoms with Gasteiger partial charge in [-0.1, -0.05) is 41.4 Å². The molecule has 0 spiro atoms. The number of carbonyl (C=O) groups excluding carboxylic acids is 1. The number of aryl methyl sites for hydroxylation is 1. The van der Waals surface area contributed by atoms with Crippen molar-refractivity contribution >= 4 is 60.5 Å². The predicted molar refractivity (Wildman–Crippen MR) is 150 cm³/mol. The molecule has 2 N–H and O–H groups in total. The van der Waals surface area contributed by atoms with Crippen LogP contribution in [0.1, 0.15) is 24.0 Å². The third kappa shape index (κ3) is 6.86. The van der Waals surface area contributed by atoms with Crippen LogP contribution in [0.5, 0.6) is 0 Å². The van der Waals surface area contributed by atoms with Gasteiger partial charge >= 0.3 is 0 Å². The highest BCUT2D eigenvalue weighted by Crippen LogP contribution is 2.29. The normalized spacial score (nSPS) is 16.7. The quantitative estimate of drug-likeness (QED) is 0.367. The Morgan fingerprint density at radius 3 is 2.26 bits per heavy atom. The first-order valence-corrected chi connectivity index (χ1v) is 15.7. The van der Waals surface area contributed by atoms with Gasteiger partial charge in [0.15, 0.2) is 0 Å². The van der Waals surface area contributed by atoms with Gasteiger partial charge in [-0.25, -0.2) is 21.1 Å². The maximum atomic E-state index is 13.1. The van der Waals surface area contributed by atoms with Gasteiger partial charge in [0.05, 0.1) is 16.6 Å². The summed E-state index contributed by atoms with van der Waals surface area (Å²) in [6, 6.07) is 17.6.